The molecule has 0 radical (unpaired) electrons. The molecule has 0 unspecified atom stereocenters. The maximum atomic E-state index is 12.5. The van der Waals surface area contributed by atoms with Gasteiger partial charge in [-0.05, 0) is 56.9 Å². The Labute approximate surface area is 172 Å². The summed E-state index contributed by atoms with van der Waals surface area (Å²) in [6.07, 6.45) is 2.17. The lowest BCUT2D eigenvalue weighted by Crippen LogP contribution is -2.45. The van der Waals surface area contributed by atoms with Crippen LogP contribution in [0, 0.1) is 16.7 Å². The topological polar surface area (TPSA) is 92.2 Å². The molecule has 6 nitrogen and oxygen atoms in total. The van der Waals surface area contributed by atoms with Crippen LogP contribution >= 0.6 is 0 Å². The number of pyridine rings is 1. The number of aromatic nitrogens is 1. The molecule has 1 aliphatic rings. The van der Waals surface area contributed by atoms with Gasteiger partial charge < -0.3 is 10.5 Å². The fourth-order valence-corrected chi connectivity index (χ4v) is 4.04. The van der Waals surface area contributed by atoms with Crippen molar-refractivity contribution in [3.8, 4) is 11.9 Å². The minimum atomic E-state index is -0.565. The second-order valence-electron chi connectivity index (χ2n) is 8.25. The van der Waals surface area contributed by atoms with E-state index in [1.807, 2.05) is 42.5 Å². The number of benzene rings is 1. The lowest BCUT2D eigenvalue weighted by molar-refractivity contribution is -0.127. The predicted octanol–water partition coefficient (Wildman–Crippen LogP) is 3.01. The molecule has 6 heteroatoms. The molecule has 2 heterocycles. The van der Waals surface area contributed by atoms with E-state index in [0.29, 0.717) is 24.4 Å². The van der Waals surface area contributed by atoms with Gasteiger partial charge in [0.05, 0.1) is 35.4 Å². The standard InChI is InChI=1S/C23H28N4O2/c1-22(2,19-5-4-6-20(26-19)29-3)27-14-13-23(16-27,21(25)28)12-11-17-7-9-18(15-24)10-8-17/h4-10H,11-14,16H2,1-3H3,(H2,25,28)/t23-/m1/s1. The quantitative estimate of drug-likeness (QED) is 0.782. The number of nitrogens with two attached hydrogens (primary N) is 1. The zero-order valence-corrected chi connectivity index (χ0v) is 17.3. The molecule has 1 saturated heterocycles. The normalized spacial score (nSPS) is 19.7. The fourth-order valence-electron chi connectivity index (χ4n) is 4.04. The fraction of sp³-hybridized carbons (Fsp3) is 0.435. The summed E-state index contributed by atoms with van der Waals surface area (Å²) >= 11 is 0. The summed E-state index contributed by atoms with van der Waals surface area (Å²) in [4.78, 5) is 19.4. The van der Waals surface area contributed by atoms with Gasteiger partial charge in [-0.3, -0.25) is 9.69 Å². The molecule has 1 aliphatic heterocycles. The molecule has 1 aromatic heterocycles. The first-order valence-corrected chi connectivity index (χ1v) is 9.86. The molecule has 0 saturated carbocycles. The van der Waals surface area contributed by atoms with Crippen molar-refractivity contribution in [2.75, 3.05) is 20.2 Å². The van der Waals surface area contributed by atoms with E-state index in [1.54, 1.807) is 7.11 Å². The summed E-state index contributed by atoms with van der Waals surface area (Å²) in [5.74, 6) is 0.333. The minimum absolute atomic E-state index is 0.247. The van der Waals surface area contributed by atoms with Crippen molar-refractivity contribution in [1.29, 1.82) is 5.26 Å². The summed E-state index contributed by atoms with van der Waals surface area (Å²) in [5, 5.41) is 8.95. The zero-order valence-electron chi connectivity index (χ0n) is 17.3. The molecule has 1 amide bonds. The molecule has 29 heavy (non-hydrogen) atoms. The SMILES string of the molecule is COc1cccc(C(C)(C)N2CC[C@@](CCc3ccc(C#N)cc3)(C(N)=O)C2)n1. The van der Waals surface area contributed by atoms with E-state index in [9.17, 15) is 4.79 Å². The van der Waals surface area contributed by atoms with Gasteiger partial charge in [0.25, 0.3) is 0 Å². The maximum absolute atomic E-state index is 12.5. The Bertz CT molecular complexity index is 917. The highest BCUT2D eigenvalue weighted by Gasteiger charge is 2.47. The molecule has 2 N–H and O–H groups in total. The van der Waals surface area contributed by atoms with Gasteiger partial charge >= 0.3 is 0 Å². The largest absolute Gasteiger partial charge is 0.481 e. The Morgan fingerprint density at radius 2 is 2.03 bits per heavy atom. The van der Waals surface area contributed by atoms with Crippen molar-refractivity contribution in [3.05, 3.63) is 59.3 Å². The molecular weight excluding hydrogens is 364 g/mol. The van der Waals surface area contributed by atoms with E-state index in [4.69, 9.17) is 15.7 Å². The lowest BCUT2D eigenvalue weighted by Gasteiger charge is -2.36. The van der Waals surface area contributed by atoms with E-state index in [0.717, 1.165) is 30.6 Å². The maximum Gasteiger partial charge on any atom is 0.224 e. The number of carbonyl (C=O) groups excluding carboxylic acids is 1. The van der Waals surface area contributed by atoms with Crippen LogP contribution in [0.5, 0.6) is 5.88 Å². The van der Waals surface area contributed by atoms with Crippen LogP contribution in [-0.2, 0) is 16.8 Å². The summed E-state index contributed by atoms with van der Waals surface area (Å²) in [6.45, 7) is 5.62. The molecule has 2 aromatic rings. The summed E-state index contributed by atoms with van der Waals surface area (Å²) < 4.78 is 5.27. The van der Waals surface area contributed by atoms with Gasteiger partial charge in [-0.2, -0.15) is 5.26 Å². The highest BCUT2D eigenvalue weighted by Crippen LogP contribution is 2.41. The van der Waals surface area contributed by atoms with Crippen molar-refractivity contribution in [2.24, 2.45) is 11.1 Å². The number of amides is 1. The average Bonchev–Trinajstić information content (AvgIpc) is 3.19. The minimum Gasteiger partial charge on any atom is -0.481 e. The summed E-state index contributed by atoms with van der Waals surface area (Å²) in [7, 11) is 1.61. The Balaban J connectivity index is 1.76. The molecule has 3 rings (SSSR count). The van der Waals surface area contributed by atoms with Gasteiger partial charge in [0.2, 0.25) is 11.8 Å². The van der Waals surface area contributed by atoms with Gasteiger partial charge in [0, 0.05) is 19.2 Å². The van der Waals surface area contributed by atoms with Gasteiger partial charge in [-0.15, -0.1) is 0 Å². The van der Waals surface area contributed by atoms with Gasteiger partial charge in [-0.1, -0.05) is 18.2 Å². The van der Waals surface area contributed by atoms with Crippen LogP contribution in [0.4, 0.5) is 0 Å². The van der Waals surface area contributed by atoms with Crippen molar-refractivity contribution in [2.45, 2.75) is 38.6 Å². The predicted molar refractivity (Wildman–Crippen MR) is 111 cm³/mol. The molecule has 1 aromatic carbocycles. The molecule has 0 spiro atoms. The van der Waals surface area contributed by atoms with Crippen LogP contribution in [0.25, 0.3) is 0 Å². The van der Waals surface area contributed by atoms with Crippen molar-refractivity contribution in [1.82, 2.24) is 9.88 Å². The number of hydrogen-bond donors (Lipinski definition) is 1. The van der Waals surface area contributed by atoms with Crippen LogP contribution in [-0.4, -0.2) is 36.0 Å². The van der Waals surface area contributed by atoms with Crippen LogP contribution in [0.2, 0.25) is 0 Å². The van der Waals surface area contributed by atoms with E-state index >= 15 is 0 Å². The Kier molecular flexibility index (Phi) is 5.90. The zero-order chi connectivity index (χ0) is 21.1. The van der Waals surface area contributed by atoms with Crippen LogP contribution in [0.15, 0.2) is 42.5 Å². The lowest BCUT2D eigenvalue weighted by atomic mass is 9.80. The number of primary amides is 1. The number of methoxy groups -OCH3 is 1. The monoisotopic (exact) mass is 392 g/mol. The van der Waals surface area contributed by atoms with Crippen molar-refractivity contribution in [3.63, 3.8) is 0 Å². The van der Waals surface area contributed by atoms with Gasteiger partial charge in [-0.25, -0.2) is 4.98 Å². The Hall–Kier alpha value is -2.91. The first-order valence-electron chi connectivity index (χ1n) is 9.86. The highest BCUT2D eigenvalue weighted by molar-refractivity contribution is 5.81. The number of nitrogens with zero attached hydrogens (tertiary/aromatic N) is 3. The van der Waals surface area contributed by atoms with Gasteiger partial charge in [0.1, 0.15) is 0 Å². The first-order chi connectivity index (χ1) is 13.8. The smallest absolute Gasteiger partial charge is 0.224 e. The van der Waals surface area contributed by atoms with E-state index in [1.165, 1.54) is 0 Å². The number of rotatable bonds is 7. The molecule has 152 valence electrons. The third-order valence-electron chi connectivity index (χ3n) is 6.20. The van der Waals surface area contributed by atoms with Crippen LogP contribution < -0.4 is 10.5 Å². The molecule has 0 bridgehead atoms. The van der Waals surface area contributed by atoms with Crippen LogP contribution in [0.3, 0.4) is 0 Å². The van der Waals surface area contributed by atoms with E-state index in [-0.39, 0.29) is 11.4 Å². The number of ether oxygens (including phenoxy) is 1. The van der Waals surface area contributed by atoms with E-state index < -0.39 is 5.41 Å². The summed E-state index contributed by atoms with van der Waals surface area (Å²) in [6, 6.07) is 15.4. The van der Waals surface area contributed by atoms with E-state index in [2.05, 4.69) is 29.8 Å². The second-order valence-corrected chi connectivity index (χ2v) is 8.25. The Morgan fingerprint density at radius 1 is 1.31 bits per heavy atom. The molecular formula is C23H28N4O2. The van der Waals surface area contributed by atoms with Crippen LogP contribution in [0.1, 0.15) is 43.5 Å². The number of likely N-dealkylation sites (tertiary alicyclic amines) is 1. The number of aryl methyl sites for hydroxylation is 1. The molecule has 1 atom stereocenters. The highest BCUT2D eigenvalue weighted by atomic mass is 16.5. The van der Waals surface area contributed by atoms with Crippen molar-refractivity contribution >= 4 is 5.91 Å². The Morgan fingerprint density at radius 3 is 2.66 bits per heavy atom. The van der Waals surface area contributed by atoms with Crippen molar-refractivity contribution < 1.29 is 9.53 Å². The summed E-state index contributed by atoms with van der Waals surface area (Å²) in [5.41, 5.74) is 7.63. The second kappa shape index (κ2) is 8.22. The number of nitriles is 1. The number of carbonyl (C=O) groups is 1. The molecule has 1 fully saturated rings. The average molecular weight is 393 g/mol. The third-order valence-corrected chi connectivity index (χ3v) is 6.20. The number of hydrogen-bond acceptors (Lipinski definition) is 5. The molecule has 0 aliphatic carbocycles. The van der Waals surface area contributed by atoms with Gasteiger partial charge in [0.15, 0.2) is 0 Å². The third kappa shape index (κ3) is 4.25. The first kappa shape index (κ1) is 20.8.